The molecule has 0 saturated heterocycles. The van der Waals surface area contributed by atoms with Gasteiger partial charge in [0.15, 0.2) is 0 Å². The van der Waals surface area contributed by atoms with Crippen molar-refractivity contribution in [3.63, 3.8) is 0 Å². The Morgan fingerprint density at radius 2 is 2.21 bits per heavy atom. The molecule has 0 aliphatic heterocycles. The van der Waals surface area contributed by atoms with Gasteiger partial charge in [-0.1, -0.05) is 25.1 Å². The Bertz CT molecular complexity index is 873. The summed E-state index contributed by atoms with van der Waals surface area (Å²) in [6.07, 6.45) is 5.26. The maximum Gasteiger partial charge on any atom is 0.254 e. The van der Waals surface area contributed by atoms with Crippen LogP contribution in [0, 0.1) is 11.7 Å². The molecule has 6 heteroatoms. The van der Waals surface area contributed by atoms with Crippen LogP contribution in [0.1, 0.15) is 30.2 Å². The van der Waals surface area contributed by atoms with E-state index in [4.69, 9.17) is 0 Å². The molecule has 1 aromatic carbocycles. The molecule has 3 aromatic rings. The second-order valence-corrected chi connectivity index (χ2v) is 6.47. The smallest absolute Gasteiger partial charge is 0.254 e. The SMILES string of the molecule is C[C@H]1CCc2c(nc3ncnn3c2NCCc2ccccc2F)C1. The van der Waals surface area contributed by atoms with Gasteiger partial charge in [0.2, 0.25) is 0 Å². The van der Waals surface area contributed by atoms with E-state index in [-0.39, 0.29) is 5.82 Å². The number of nitrogens with one attached hydrogen (secondary N) is 1. The molecule has 0 amide bonds. The summed E-state index contributed by atoms with van der Waals surface area (Å²) in [4.78, 5) is 8.89. The van der Waals surface area contributed by atoms with Crippen molar-refractivity contribution in [1.29, 1.82) is 0 Å². The van der Waals surface area contributed by atoms with Gasteiger partial charge in [0.1, 0.15) is 18.0 Å². The first-order valence-electron chi connectivity index (χ1n) is 8.41. The van der Waals surface area contributed by atoms with Crippen molar-refractivity contribution in [3.05, 3.63) is 53.2 Å². The molecule has 5 nitrogen and oxygen atoms in total. The molecule has 1 N–H and O–H groups in total. The molecule has 124 valence electrons. The van der Waals surface area contributed by atoms with Crippen LogP contribution in [0.15, 0.2) is 30.6 Å². The van der Waals surface area contributed by atoms with E-state index in [0.29, 0.717) is 24.7 Å². The standard InChI is InChI=1S/C18H20FN5/c1-12-6-7-14-16(10-12)23-18-21-11-22-24(18)17(14)20-9-8-13-4-2-3-5-15(13)19/h2-5,11-12,20H,6-10H2,1H3/t12-/m0/s1. The second-order valence-electron chi connectivity index (χ2n) is 6.47. The Morgan fingerprint density at radius 3 is 3.08 bits per heavy atom. The molecule has 24 heavy (non-hydrogen) atoms. The van der Waals surface area contributed by atoms with Crippen molar-refractivity contribution in [2.75, 3.05) is 11.9 Å². The van der Waals surface area contributed by atoms with Crippen LogP contribution in [0.25, 0.3) is 5.78 Å². The van der Waals surface area contributed by atoms with Gasteiger partial charge in [0, 0.05) is 12.1 Å². The zero-order chi connectivity index (χ0) is 16.5. The molecule has 4 rings (SSSR count). The minimum atomic E-state index is -0.157. The van der Waals surface area contributed by atoms with Crippen LogP contribution in [0.3, 0.4) is 0 Å². The number of fused-ring (bicyclic) bond motifs is 2. The van der Waals surface area contributed by atoms with E-state index in [1.165, 1.54) is 18.0 Å². The zero-order valence-electron chi connectivity index (χ0n) is 13.7. The fraction of sp³-hybridized carbons (Fsp3) is 0.389. The van der Waals surface area contributed by atoms with Crippen molar-refractivity contribution in [2.45, 2.75) is 32.6 Å². The normalized spacial score (nSPS) is 17.0. The molecular formula is C18H20FN5. The molecule has 2 heterocycles. The highest BCUT2D eigenvalue weighted by Gasteiger charge is 2.22. The van der Waals surface area contributed by atoms with Crippen molar-refractivity contribution in [2.24, 2.45) is 5.92 Å². The molecule has 0 spiro atoms. The average Bonchev–Trinajstić information content (AvgIpc) is 3.03. The first-order valence-corrected chi connectivity index (χ1v) is 8.41. The lowest BCUT2D eigenvalue weighted by Crippen LogP contribution is -2.20. The van der Waals surface area contributed by atoms with E-state index in [0.717, 1.165) is 36.3 Å². The minimum absolute atomic E-state index is 0.157. The van der Waals surface area contributed by atoms with E-state index < -0.39 is 0 Å². The van der Waals surface area contributed by atoms with E-state index in [1.54, 1.807) is 10.6 Å². The quantitative estimate of drug-likeness (QED) is 0.801. The minimum Gasteiger partial charge on any atom is -0.369 e. The maximum absolute atomic E-state index is 13.8. The van der Waals surface area contributed by atoms with Crippen LogP contribution >= 0.6 is 0 Å². The summed E-state index contributed by atoms with van der Waals surface area (Å²) in [5, 5.41) is 7.74. The molecule has 1 aliphatic carbocycles. The van der Waals surface area contributed by atoms with Crippen LogP contribution in [-0.4, -0.2) is 26.1 Å². The highest BCUT2D eigenvalue weighted by atomic mass is 19.1. The zero-order valence-corrected chi connectivity index (χ0v) is 13.7. The monoisotopic (exact) mass is 325 g/mol. The molecule has 0 fully saturated rings. The highest BCUT2D eigenvalue weighted by molar-refractivity contribution is 5.53. The van der Waals surface area contributed by atoms with E-state index >= 15 is 0 Å². The van der Waals surface area contributed by atoms with Gasteiger partial charge in [-0.25, -0.2) is 9.37 Å². The summed E-state index contributed by atoms with van der Waals surface area (Å²) >= 11 is 0. The summed E-state index contributed by atoms with van der Waals surface area (Å²) in [7, 11) is 0. The molecule has 1 aliphatic rings. The predicted molar refractivity (Wildman–Crippen MR) is 90.6 cm³/mol. The van der Waals surface area contributed by atoms with Gasteiger partial charge in [-0.2, -0.15) is 14.6 Å². The summed E-state index contributed by atoms with van der Waals surface area (Å²) in [5.41, 5.74) is 3.05. The maximum atomic E-state index is 13.8. The second kappa shape index (κ2) is 6.19. The molecule has 2 aromatic heterocycles. The van der Waals surface area contributed by atoms with Crippen molar-refractivity contribution < 1.29 is 4.39 Å². The molecular weight excluding hydrogens is 305 g/mol. The average molecular weight is 325 g/mol. The van der Waals surface area contributed by atoms with Gasteiger partial charge < -0.3 is 5.32 Å². The van der Waals surface area contributed by atoms with Gasteiger partial charge in [-0.3, -0.25) is 0 Å². The molecule has 0 saturated carbocycles. The molecule has 0 unspecified atom stereocenters. The largest absolute Gasteiger partial charge is 0.369 e. The number of halogens is 1. The fourth-order valence-corrected chi connectivity index (χ4v) is 3.37. The molecule has 1 atom stereocenters. The first-order chi connectivity index (χ1) is 11.7. The van der Waals surface area contributed by atoms with E-state index in [2.05, 4.69) is 27.3 Å². The first kappa shape index (κ1) is 15.1. The third-order valence-corrected chi connectivity index (χ3v) is 4.68. The van der Waals surface area contributed by atoms with Crippen LogP contribution < -0.4 is 5.32 Å². The topological polar surface area (TPSA) is 55.1 Å². The Morgan fingerprint density at radius 1 is 1.33 bits per heavy atom. The number of rotatable bonds is 4. The Labute approximate surface area is 139 Å². The summed E-state index contributed by atoms with van der Waals surface area (Å²) < 4.78 is 15.5. The van der Waals surface area contributed by atoms with Crippen LogP contribution in [0.5, 0.6) is 0 Å². The van der Waals surface area contributed by atoms with Crippen molar-refractivity contribution >= 4 is 11.6 Å². The highest BCUT2D eigenvalue weighted by Crippen LogP contribution is 2.29. The lowest BCUT2D eigenvalue weighted by molar-refractivity contribution is 0.491. The van der Waals surface area contributed by atoms with Gasteiger partial charge in [0.25, 0.3) is 5.78 Å². The van der Waals surface area contributed by atoms with Gasteiger partial charge in [-0.15, -0.1) is 0 Å². The van der Waals surface area contributed by atoms with Crippen LogP contribution in [0.2, 0.25) is 0 Å². The Hall–Kier alpha value is -2.50. The van der Waals surface area contributed by atoms with Gasteiger partial charge >= 0.3 is 0 Å². The third-order valence-electron chi connectivity index (χ3n) is 4.68. The van der Waals surface area contributed by atoms with Gasteiger partial charge in [-0.05, 0) is 43.2 Å². The lowest BCUT2D eigenvalue weighted by atomic mass is 9.88. The van der Waals surface area contributed by atoms with Crippen molar-refractivity contribution in [1.82, 2.24) is 19.6 Å². The Kier molecular flexibility index (Phi) is 3.88. The summed E-state index contributed by atoms with van der Waals surface area (Å²) in [6, 6.07) is 6.90. The fourth-order valence-electron chi connectivity index (χ4n) is 3.37. The lowest BCUT2D eigenvalue weighted by Gasteiger charge is -2.23. The van der Waals surface area contributed by atoms with Crippen LogP contribution in [0.4, 0.5) is 10.2 Å². The number of benzene rings is 1. The van der Waals surface area contributed by atoms with E-state index in [1.807, 2.05) is 12.1 Å². The Balaban J connectivity index is 1.61. The predicted octanol–water partition coefficient (Wildman–Crippen LogP) is 3.04. The number of nitrogens with zero attached hydrogens (tertiary/aromatic N) is 4. The summed E-state index contributed by atoms with van der Waals surface area (Å²) in [5.74, 6) is 2.06. The molecule has 0 bridgehead atoms. The molecule has 0 radical (unpaired) electrons. The number of anilines is 1. The summed E-state index contributed by atoms with van der Waals surface area (Å²) in [6.45, 7) is 2.89. The van der Waals surface area contributed by atoms with Crippen molar-refractivity contribution in [3.8, 4) is 0 Å². The van der Waals surface area contributed by atoms with E-state index in [9.17, 15) is 4.39 Å². The van der Waals surface area contributed by atoms with Crippen LogP contribution in [-0.2, 0) is 19.3 Å². The third kappa shape index (κ3) is 2.72. The number of hydrogen-bond acceptors (Lipinski definition) is 4. The number of aromatic nitrogens is 4. The number of hydrogen-bond donors (Lipinski definition) is 1. The van der Waals surface area contributed by atoms with Gasteiger partial charge in [0.05, 0.1) is 5.69 Å².